The van der Waals surface area contributed by atoms with Gasteiger partial charge in [0, 0.05) is 19.1 Å². The largest absolute Gasteiger partial charge is 0.480 e. The number of aliphatic carboxylic acids is 1. The molecule has 1 aliphatic carbocycles. The van der Waals surface area contributed by atoms with Crippen LogP contribution in [0.4, 0.5) is 0 Å². The van der Waals surface area contributed by atoms with E-state index in [0.717, 1.165) is 19.4 Å². The Morgan fingerprint density at radius 1 is 1.35 bits per heavy atom. The van der Waals surface area contributed by atoms with Crippen molar-refractivity contribution in [3.8, 4) is 0 Å². The van der Waals surface area contributed by atoms with Gasteiger partial charge in [0.05, 0.1) is 6.10 Å². The van der Waals surface area contributed by atoms with Crippen LogP contribution in [-0.4, -0.2) is 36.2 Å². The minimum Gasteiger partial charge on any atom is -0.480 e. The topological polar surface area (TPSA) is 75.6 Å². The maximum atomic E-state index is 12.0. The van der Waals surface area contributed by atoms with Gasteiger partial charge in [0.2, 0.25) is 5.91 Å². The molecule has 2 atom stereocenters. The predicted molar refractivity (Wildman–Crippen MR) is 74.2 cm³/mol. The van der Waals surface area contributed by atoms with Crippen molar-refractivity contribution in [3.63, 3.8) is 0 Å². The van der Waals surface area contributed by atoms with Crippen molar-refractivity contribution in [1.82, 2.24) is 5.32 Å². The van der Waals surface area contributed by atoms with Gasteiger partial charge < -0.3 is 15.2 Å². The first-order chi connectivity index (χ1) is 9.27. The summed E-state index contributed by atoms with van der Waals surface area (Å²) < 4.78 is 5.87. The quantitative estimate of drug-likeness (QED) is 0.772. The zero-order chi connectivity index (χ0) is 15.0. The standard InChI is InChI=1S/C15H25NO4/c1-14(2,3)11-10(5-4-8-20-11)9-16-12(17)15(6-7-15)13(18)19/h10-11H,4-9H2,1-3H3,(H,16,17)(H,18,19)/t10-,11-/m0/s1. The minimum absolute atomic E-state index is 0.0277. The van der Waals surface area contributed by atoms with Gasteiger partial charge in [-0.05, 0) is 31.1 Å². The summed E-state index contributed by atoms with van der Waals surface area (Å²) in [5.41, 5.74) is -1.12. The number of rotatable bonds is 4. The van der Waals surface area contributed by atoms with Crippen molar-refractivity contribution in [2.45, 2.75) is 52.6 Å². The summed E-state index contributed by atoms with van der Waals surface area (Å²) >= 11 is 0. The molecule has 2 rings (SSSR count). The smallest absolute Gasteiger partial charge is 0.319 e. The number of carboxylic acid groups (broad SMARTS) is 1. The lowest BCUT2D eigenvalue weighted by molar-refractivity contribution is -0.149. The Kier molecular flexibility index (Phi) is 4.09. The molecule has 1 aliphatic heterocycles. The zero-order valence-electron chi connectivity index (χ0n) is 12.6. The highest BCUT2D eigenvalue weighted by Crippen LogP contribution is 2.46. The lowest BCUT2D eigenvalue weighted by Gasteiger charge is -2.40. The van der Waals surface area contributed by atoms with E-state index in [0.29, 0.717) is 19.4 Å². The lowest BCUT2D eigenvalue weighted by atomic mass is 9.78. The molecule has 0 radical (unpaired) electrons. The number of hydrogen-bond acceptors (Lipinski definition) is 3. The van der Waals surface area contributed by atoms with Crippen LogP contribution < -0.4 is 5.32 Å². The zero-order valence-corrected chi connectivity index (χ0v) is 12.6. The van der Waals surface area contributed by atoms with Crippen LogP contribution in [0.5, 0.6) is 0 Å². The second kappa shape index (κ2) is 5.35. The fraction of sp³-hybridized carbons (Fsp3) is 0.867. The predicted octanol–water partition coefficient (Wildman–Crippen LogP) is 1.81. The molecule has 114 valence electrons. The summed E-state index contributed by atoms with van der Waals surface area (Å²) in [7, 11) is 0. The summed E-state index contributed by atoms with van der Waals surface area (Å²) in [6, 6.07) is 0. The number of nitrogens with one attached hydrogen (secondary N) is 1. The fourth-order valence-electron chi connectivity index (χ4n) is 3.07. The molecule has 5 nitrogen and oxygen atoms in total. The monoisotopic (exact) mass is 283 g/mol. The van der Waals surface area contributed by atoms with Gasteiger partial charge in [-0.25, -0.2) is 0 Å². The molecule has 2 N–H and O–H groups in total. The van der Waals surface area contributed by atoms with E-state index in [4.69, 9.17) is 9.84 Å². The number of carbonyl (C=O) groups excluding carboxylic acids is 1. The van der Waals surface area contributed by atoms with Crippen molar-refractivity contribution in [1.29, 1.82) is 0 Å². The third-order valence-corrected chi connectivity index (χ3v) is 4.42. The van der Waals surface area contributed by atoms with E-state index in [1.807, 2.05) is 0 Å². The van der Waals surface area contributed by atoms with Crippen molar-refractivity contribution >= 4 is 11.9 Å². The van der Waals surface area contributed by atoms with E-state index < -0.39 is 11.4 Å². The molecular weight excluding hydrogens is 258 g/mol. The van der Waals surface area contributed by atoms with E-state index >= 15 is 0 Å². The highest BCUT2D eigenvalue weighted by atomic mass is 16.5. The molecule has 1 saturated carbocycles. The minimum atomic E-state index is -1.15. The maximum absolute atomic E-state index is 12.0. The van der Waals surface area contributed by atoms with E-state index in [2.05, 4.69) is 26.1 Å². The SMILES string of the molecule is CC(C)(C)[C@H]1OCCC[C@H]1CNC(=O)C1(C(=O)O)CC1. The Balaban J connectivity index is 1.92. The van der Waals surface area contributed by atoms with E-state index in [1.165, 1.54) is 0 Å². The van der Waals surface area contributed by atoms with Crippen LogP contribution in [0.25, 0.3) is 0 Å². The van der Waals surface area contributed by atoms with Gasteiger partial charge in [-0.15, -0.1) is 0 Å². The van der Waals surface area contributed by atoms with Crippen LogP contribution in [0.1, 0.15) is 46.5 Å². The van der Waals surface area contributed by atoms with Gasteiger partial charge in [-0.1, -0.05) is 20.8 Å². The average Bonchev–Trinajstić information content (AvgIpc) is 3.16. The van der Waals surface area contributed by atoms with Crippen LogP contribution >= 0.6 is 0 Å². The summed E-state index contributed by atoms with van der Waals surface area (Å²) in [5, 5.41) is 11.9. The molecule has 2 aliphatic rings. The van der Waals surface area contributed by atoms with Crippen LogP contribution in [0.15, 0.2) is 0 Å². The van der Waals surface area contributed by atoms with Crippen LogP contribution in [-0.2, 0) is 14.3 Å². The first-order valence-electron chi connectivity index (χ1n) is 7.41. The highest BCUT2D eigenvalue weighted by Gasteiger charge is 2.57. The number of carboxylic acids is 1. The lowest BCUT2D eigenvalue weighted by Crippen LogP contribution is -2.47. The molecule has 1 heterocycles. The molecule has 2 fully saturated rings. The molecule has 20 heavy (non-hydrogen) atoms. The van der Waals surface area contributed by atoms with Gasteiger partial charge in [0.15, 0.2) is 0 Å². The summed E-state index contributed by atoms with van der Waals surface area (Å²) in [6.45, 7) is 7.69. The molecule has 0 aromatic carbocycles. The molecule has 5 heteroatoms. The van der Waals surface area contributed by atoms with Gasteiger partial charge >= 0.3 is 5.97 Å². The maximum Gasteiger partial charge on any atom is 0.319 e. The Morgan fingerprint density at radius 3 is 2.50 bits per heavy atom. The molecule has 0 unspecified atom stereocenters. The van der Waals surface area contributed by atoms with Gasteiger partial charge in [-0.3, -0.25) is 9.59 Å². The van der Waals surface area contributed by atoms with E-state index in [9.17, 15) is 9.59 Å². The van der Waals surface area contributed by atoms with Crippen molar-refractivity contribution in [2.75, 3.05) is 13.2 Å². The van der Waals surface area contributed by atoms with Crippen LogP contribution in [0, 0.1) is 16.7 Å². The molecule has 0 aromatic rings. The molecule has 0 spiro atoms. The number of ether oxygens (including phenoxy) is 1. The van der Waals surface area contributed by atoms with Crippen molar-refractivity contribution < 1.29 is 19.4 Å². The molecule has 1 amide bonds. The number of carbonyl (C=O) groups is 2. The van der Waals surface area contributed by atoms with E-state index in [1.54, 1.807) is 0 Å². The molecule has 0 bridgehead atoms. The Hall–Kier alpha value is -1.10. The van der Waals surface area contributed by atoms with Gasteiger partial charge in [-0.2, -0.15) is 0 Å². The third-order valence-electron chi connectivity index (χ3n) is 4.42. The van der Waals surface area contributed by atoms with Crippen LogP contribution in [0.2, 0.25) is 0 Å². The summed E-state index contributed by atoms with van der Waals surface area (Å²) in [5.74, 6) is -1.07. The Bertz CT molecular complexity index is 395. The second-order valence-electron chi connectivity index (χ2n) is 7.16. The molecule has 0 aromatic heterocycles. The Labute approximate surface area is 120 Å². The second-order valence-corrected chi connectivity index (χ2v) is 7.16. The first-order valence-corrected chi connectivity index (χ1v) is 7.41. The summed E-state index contributed by atoms with van der Waals surface area (Å²) in [6.07, 6.45) is 3.03. The third kappa shape index (κ3) is 2.97. The summed E-state index contributed by atoms with van der Waals surface area (Å²) in [4.78, 5) is 23.1. The van der Waals surface area contributed by atoms with Crippen LogP contribution in [0.3, 0.4) is 0 Å². The number of amides is 1. The van der Waals surface area contributed by atoms with Gasteiger partial charge in [0.1, 0.15) is 5.41 Å². The van der Waals surface area contributed by atoms with Crippen molar-refractivity contribution in [2.24, 2.45) is 16.7 Å². The highest BCUT2D eigenvalue weighted by molar-refractivity contribution is 6.04. The van der Waals surface area contributed by atoms with Crippen molar-refractivity contribution in [3.05, 3.63) is 0 Å². The molecule has 1 saturated heterocycles. The Morgan fingerprint density at radius 2 is 2.00 bits per heavy atom. The van der Waals surface area contributed by atoms with E-state index in [-0.39, 0.29) is 23.3 Å². The average molecular weight is 283 g/mol. The number of hydrogen-bond donors (Lipinski definition) is 2. The fourth-order valence-corrected chi connectivity index (χ4v) is 3.07. The van der Waals surface area contributed by atoms with Gasteiger partial charge in [0.25, 0.3) is 0 Å². The normalized spacial score (nSPS) is 28.8. The first kappa shape index (κ1) is 15.3. The molecular formula is C15H25NO4.